The molecule has 2 aromatic heterocycles. The van der Waals surface area contributed by atoms with Gasteiger partial charge in [-0.3, -0.25) is 0 Å². The van der Waals surface area contributed by atoms with Crippen LogP contribution in [0, 0.1) is 0 Å². The van der Waals surface area contributed by atoms with Crippen molar-refractivity contribution in [3.8, 4) is 0 Å². The molecule has 0 aliphatic rings. The van der Waals surface area contributed by atoms with E-state index in [0.717, 1.165) is 0 Å². The molecule has 0 saturated heterocycles. The lowest BCUT2D eigenvalue weighted by Gasteiger charge is -2.02. The Balaban J connectivity index is 1.83. The Kier molecular flexibility index (Phi) is 2.72. The third-order valence-corrected chi connectivity index (χ3v) is 1.72. The summed E-state index contributed by atoms with van der Waals surface area (Å²) >= 11 is 0. The molecule has 2 heterocycles. The van der Waals surface area contributed by atoms with E-state index in [9.17, 15) is 0 Å². The van der Waals surface area contributed by atoms with Crippen LogP contribution >= 0.6 is 0 Å². The van der Waals surface area contributed by atoms with E-state index in [1.807, 2.05) is 0 Å². The zero-order chi connectivity index (χ0) is 10.5. The Bertz CT molecular complexity index is 415. The number of nitrogens with zero attached hydrogens (tertiary/aromatic N) is 4. The average molecular weight is 206 g/mol. The van der Waals surface area contributed by atoms with Gasteiger partial charge in [0.2, 0.25) is 12.3 Å². The summed E-state index contributed by atoms with van der Waals surface area (Å²) in [6.45, 7) is 0.628. The zero-order valence-electron chi connectivity index (χ0n) is 7.92. The molecule has 0 amide bonds. The highest BCUT2D eigenvalue weighted by molar-refractivity contribution is 5.34. The molecule has 0 atom stereocenters. The van der Waals surface area contributed by atoms with Crippen LogP contribution in [0.2, 0.25) is 0 Å². The topological polar surface area (TPSA) is 103 Å². The molecule has 0 bridgehead atoms. The average Bonchev–Trinajstić information content (AvgIpc) is 2.71. The predicted molar refractivity (Wildman–Crippen MR) is 52.9 cm³/mol. The van der Waals surface area contributed by atoms with Crippen LogP contribution in [-0.2, 0) is 6.42 Å². The van der Waals surface area contributed by atoms with E-state index in [2.05, 4.69) is 29.9 Å². The fourth-order valence-corrected chi connectivity index (χ4v) is 1.05. The molecule has 7 nitrogen and oxygen atoms in total. The number of rotatable bonds is 4. The number of aromatic nitrogens is 4. The van der Waals surface area contributed by atoms with Crippen LogP contribution in [-0.4, -0.2) is 26.7 Å². The molecule has 0 unspecified atom stereocenters. The number of nitrogen functional groups attached to an aromatic ring is 1. The van der Waals surface area contributed by atoms with Crippen LogP contribution < -0.4 is 11.1 Å². The SMILES string of the molecule is Nc1ccnc(NCCc2ncon2)n1. The van der Waals surface area contributed by atoms with Gasteiger partial charge in [0.15, 0.2) is 5.82 Å². The molecule has 3 N–H and O–H groups in total. The Labute approximate surface area is 85.7 Å². The van der Waals surface area contributed by atoms with Crippen LogP contribution in [0.4, 0.5) is 11.8 Å². The van der Waals surface area contributed by atoms with Crippen LogP contribution in [0.25, 0.3) is 0 Å². The molecule has 78 valence electrons. The first-order valence-electron chi connectivity index (χ1n) is 4.42. The Morgan fingerprint density at radius 1 is 1.40 bits per heavy atom. The normalized spacial score (nSPS) is 10.1. The molecular weight excluding hydrogens is 196 g/mol. The fraction of sp³-hybridized carbons (Fsp3) is 0.250. The van der Waals surface area contributed by atoms with Crippen molar-refractivity contribution < 1.29 is 4.52 Å². The maximum Gasteiger partial charge on any atom is 0.224 e. The second-order valence-electron chi connectivity index (χ2n) is 2.83. The number of hydrogen-bond donors (Lipinski definition) is 2. The second kappa shape index (κ2) is 4.36. The van der Waals surface area contributed by atoms with Crippen LogP contribution in [0.5, 0.6) is 0 Å². The van der Waals surface area contributed by atoms with E-state index in [1.165, 1.54) is 6.39 Å². The smallest absolute Gasteiger partial charge is 0.224 e. The summed E-state index contributed by atoms with van der Waals surface area (Å²) in [5.74, 6) is 1.58. The summed E-state index contributed by atoms with van der Waals surface area (Å²) in [6, 6.07) is 1.63. The zero-order valence-corrected chi connectivity index (χ0v) is 7.92. The summed E-state index contributed by atoms with van der Waals surface area (Å²) in [4.78, 5) is 11.9. The number of hydrogen-bond acceptors (Lipinski definition) is 7. The van der Waals surface area contributed by atoms with Crippen molar-refractivity contribution in [1.29, 1.82) is 0 Å². The molecular formula is C8H10N6O. The second-order valence-corrected chi connectivity index (χ2v) is 2.83. The van der Waals surface area contributed by atoms with Gasteiger partial charge in [0, 0.05) is 19.2 Å². The first kappa shape index (κ1) is 9.38. The Morgan fingerprint density at radius 3 is 3.07 bits per heavy atom. The number of anilines is 2. The van der Waals surface area contributed by atoms with Gasteiger partial charge in [-0.05, 0) is 6.07 Å². The van der Waals surface area contributed by atoms with Gasteiger partial charge < -0.3 is 15.6 Å². The van der Waals surface area contributed by atoms with E-state index in [1.54, 1.807) is 12.3 Å². The highest BCUT2D eigenvalue weighted by Gasteiger charge is 1.99. The van der Waals surface area contributed by atoms with Crippen molar-refractivity contribution in [3.05, 3.63) is 24.5 Å². The van der Waals surface area contributed by atoms with E-state index in [4.69, 9.17) is 5.73 Å². The molecule has 2 aromatic rings. The highest BCUT2D eigenvalue weighted by atomic mass is 16.5. The minimum absolute atomic E-state index is 0.437. The van der Waals surface area contributed by atoms with Crippen molar-refractivity contribution in [1.82, 2.24) is 20.1 Å². The Morgan fingerprint density at radius 2 is 2.33 bits per heavy atom. The van der Waals surface area contributed by atoms with Gasteiger partial charge in [0.25, 0.3) is 0 Å². The quantitative estimate of drug-likeness (QED) is 0.730. The molecule has 2 rings (SSSR count). The van der Waals surface area contributed by atoms with Gasteiger partial charge in [-0.25, -0.2) is 4.98 Å². The van der Waals surface area contributed by atoms with Crippen molar-refractivity contribution in [2.24, 2.45) is 0 Å². The first-order chi connectivity index (χ1) is 7.34. The largest absolute Gasteiger partial charge is 0.384 e. The van der Waals surface area contributed by atoms with Crippen molar-refractivity contribution in [2.75, 3.05) is 17.6 Å². The fourth-order valence-electron chi connectivity index (χ4n) is 1.05. The summed E-state index contributed by atoms with van der Waals surface area (Å²) in [5, 5.41) is 6.67. The van der Waals surface area contributed by atoms with Crippen molar-refractivity contribution >= 4 is 11.8 Å². The van der Waals surface area contributed by atoms with Gasteiger partial charge >= 0.3 is 0 Å². The third-order valence-electron chi connectivity index (χ3n) is 1.72. The molecule has 0 radical (unpaired) electrons. The lowest BCUT2D eigenvalue weighted by molar-refractivity contribution is 0.410. The van der Waals surface area contributed by atoms with Crippen LogP contribution in [0.1, 0.15) is 5.82 Å². The third kappa shape index (κ3) is 2.63. The minimum atomic E-state index is 0.437. The molecule has 0 aliphatic carbocycles. The maximum absolute atomic E-state index is 5.49. The van der Waals surface area contributed by atoms with Gasteiger partial charge in [-0.1, -0.05) is 5.16 Å². The van der Waals surface area contributed by atoms with Crippen LogP contribution in [0.15, 0.2) is 23.2 Å². The van der Waals surface area contributed by atoms with Crippen LogP contribution in [0.3, 0.4) is 0 Å². The van der Waals surface area contributed by atoms with Gasteiger partial charge in [-0.15, -0.1) is 0 Å². The molecule has 0 aromatic carbocycles. The van der Waals surface area contributed by atoms with E-state index in [-0.39, 0.29) is 0 Å². The van der Waals surface area contributed by atoms with E-state index >= 15 is 0 Å². The van der Waals surface area contributed by atoms with E-state index < -0.39 is 0 Å². The monoisotopic (exact) mass is 206 g/mol. The molecule has 0 saturated carbocycles. The molecule has 0 spiro atoms. The first-order valence-corrected chi connectivity index (χ1v) is 4.42. The molecule has 7 heteroatoms. The van der Waals surface area contributed by atoms with Gasteiger partial charge in [0.1, 0.15) is 5.82 Å². The lowest BCUT2D eigenvalue weighted by Crippen LogP contribution is -2.09. The maximum atomic E-state index is 5.49. The summed E-state index contributed by atoms with van der Waals surface area (Å²) in [6.07, 6.45) is 3.54. The van der Waals surface area contributed by atoms with Crippen molar-refractivity contribution in [2.45, 2.75) is 6.42 Å². The van der Waals surface area contributed by atoms with E-state index in [0.29, 0.717) is 30.6 Å². The summed E-state index contributed by atoms with van der Waals surface area (Å²) in [7, 11) is 0. The number of nitrogens with one attached hydrogen (secondary N) is 1. The van der Waals surface area contributed by atoms with Crippen molar-refractivity contribution in [3.63, 3.8) is 0 Å². The molecule has 15 heavy (non-hydrogen) atoms. The van der Waals surface area contributed by atoms with Gasteiger partial charge in [0.05, 0.1) is 0 Å². The molecule has 0 fully saturated rings. The predicted octanol–water partition coefficient (Wildman–Crippen LogP) is 0.0964. The molecule has 0 aliphatic heterocycles. The number of nitrogens with two attached hydrogens (primary N) is 1. The minimum Gasteiger partial charge on any atom is -0.384 e. The Hall–Kier alpha value is -2.18. The standard InChI is InChI=1S/C8H10N6O/c9-6-1-3-10-8(13-6)11-4-2-7-12-5-15-14-7/h1,3,5H,2,4H2,(H3,9,10,11,13). The van der Waals surface area contributed by atoms with Gasteiger partial charge in [-0.2, -0.15) is 9.97 Å². The summed E-state index contributed by atoms with van der Waals surface area (Å²) < 4.78 is 4.60. The lowest BCUT2D eigenvalue weighted by atomic mass is 10.4. The highest BCUT2D eigenvalue weighted by Crippen LogP contribution is 2.01. The summed E-state index contributed by atoms with van der Waals surface area (Å²) in [5.41, 5.74) is 5.49.